The first-order valence-electron chi connectivity index (χ1n) is 8.92. The molecule has 1 amide bonds. The number of nitrogens with zero attached hydrogens (tertiary/aromatic N) is 2. The van der Waals surface area contributed by atoms with Crippen molar-refractivity contribution in [3.05, 3.63) is 86.7 Å². The number of nitrogens with one attached hydrogen (secondary N) is 1. The third-order valence-corrected chi connectivity index (χ3v) is 4.48. The van der Waals surface area contributed by atoms with Crippen LogP contribution in [0.3, 0.4) is 0 Å². The van der Waals surface area contributed by atoms with Gasteiger partial charge in [0.1, 0.15) is 5.69 Å². The van der Waals surface area contributed by atoms with Crippen molar-refractivity contribution in [1.29, 1.82) is 0 Å². The standard InChI is InChI=1S/C21H20BrN3O3/c1-2-12-28-21(27)23-17-5-3-4-15(13-17)14-19-20(26)10-11-25(24-19)18-8-6-16(22)7-9-18/h3-11,13H,2,12,14H2,1H3,(H,23,27). The van der Waals surface area contributed by atoms with Crippen LogP contribution >= 0.6 is 15.9 Å². The number of hydrogen-bond acceptors (Lipinski definition) is 4. The van der Waals surface area contributed by atoms with Crippen molar-refractivity contribution in [1.82, 2.24) is 9.78 Å². The Morgan fingerprint density at radius 3 is 2.71 bits per heavy atom. The zero-order chi connectivity index (χ0) is 19.9. The van der Waals surface area contributed by atoms with Gasteiger partial charge < -0.3 is 4.74 Å². The van der Waals surface area contributed by atoms with Gasteiger partial charge in [-0.3, -0.25) is 10.1 Å². The van der Waals surface area contributed by atoms with Crippen LogP contribution in [0.2, 0.25) is 0 Å². The van der Waals surface area contributed by atoms with Crippen molar-refractivity contribution in [2.24, 2.45) is 0 Å². The first kappa shape index (κ1) is 19.8. The normalized spacial score (nSPS) is 10.5. The van der Waals surface area contributed by atoms with E-state index < -0.39 is 6.09 Å². The first-order valence-corrected chi connectivity index (χ1v) is 9.72. The molecule has 2 aromatic carbocycles. The molecule has 0 aliphatic carbocycles. The van der Waals surface area contributed by atoms with Crippen LogP contribution in [0.1, 0.15) is 24.6 Å². The van der Waals surface area contributed by atoms with Crippen molar-refractivity contribution in [3.8, 4) is 5.69 Å². The predicted molar refractivity (Wildman–Crippen MR) is 112 cm³/mol. The zero-order valence-electron chi connectivity index (χ0n) is 15.4. The van der Waals surface area contributed by atoms with E-state index in [1.165, 1.54) is 6.07 Å². The van der Waals surface area contributed by atoms with Crippen LogP contribution in [-0.4, -0.2) is 22.5 Å². The summed E-state index contributed by atoms with van der Waals surface area (Å²) < 4.78 is 7.67. The smallest absolute Gasteiger partial charge is 0.411 e. The topological polar surface area (TPSA) is 73.2 Å². The zero-order valence-corrected chi connectivity index (χ0v) is 17.0. The van der Waals surface area contributed by atoms with Crippen LogP contribution in [0, 0.1) is 0 Å². The van der Waals surface area contributed by atoms with Crippen LogP contribution in [0.5, 0.6) is 0 Å². The lowest BCUT2D eigenvalue weighted by Gasteiger charge is -2.09. The van der Waals surface area contributed by atoms with Crippen LogP contribution < -0.4 is 10.7 Å². The predicted octanol–water partition coefficient (Wildman–Crippen LogP) is 4.54. The Morgan fingerprint density at radius 1 is 1.18 bits per heavy atom. The molecular formula is C21H20BrN3O3. The number of hydrogen-bond donors (Lipinski definition) is 1. The molecule has 3 aromatic rings. The second-order valence-corrected chi connectivity index (χ2v) is 7.10. The van der Waals surface area contributed by atoms with Crippen LogP contribution in [0.4, 0.5) is 10.5 Å². The van der Waals surface area contributed by atoms with Gasteiger partial charge in [0.25, 0.3) is 0 Å². The average Bonchev–Trinajstić information content (AvgIpc) is 2.69. The number of benzene rings is 2. The van der Waals surface area contributed by atoms with E-state index in [1.807, 2.05) is 49.4 Å². The van der Waals surface area contributed by atoms with Crippen molar-refractivity contribution >= 4 is 27.7 Å². The van der Waals surface area contributed by atoms with Crippen LogP contribution in [0.15, 0.2) is 70.1 Å². The minimum absolute atomic E-state index is 0.130. The van der Waals surface area contributed by atoms with Gasteiger partial charge in [0.15, 0.2) is 0 Å². The summed E-state index contributed by atoms with van der Waals surface area (Å²) in [5.41, 5.74) is 2.64. The molecule has 0 saturated heterocycles. The SMILES string of the molecule is CCCOC(=O)Nc1cccc(Cc2nn(-c3ccc(Br)cc3)ccc2=O)c1. The fourth-order valence-corrected chi connectivity index (χ4v) is 2.87. The Labute approximate surface area is 171 Å². The van der Waals surface area contributed by atoms with E-state index in [0.29, 0.717) is 24.4 Å². The van der Waals surface area contributed by atoms with Gasteiger partial charge in [-0.2, -0.15) is 5.10 Å². The van der Waals surface area contributed by atoms with Crippen molar-refractivity contribution < 1.29 is 9.53 Å². The highest BCUT2D eigenvalue weighted by atomic mass is 79.9. The molecule has 1 N–H and O–H groups in total. The number of amides is 1. The summed E-state index contributed by atoms with van der Waals surface area (Å²) in [5.74, 6) is 0. The van der Waals surface area contributed by atoms with Gasteiger partial charge in [-0.15, -0.1) is 0 Å². The van der Waals surface area contributed by atoms with E-state index >= 15 is 0 Å². The van der Waals surface area contributed by atoms with Crippen molar-refractivity contribution in [3.63, 3.8) is 0 Å². The van der Waals surface area contributed by atoms with Crippen molar-refractivity contribution in [2.45, 2.75) is 19.8 Å². The molecule has 3 rings (SSSR count). The number of ether oxygens (including phenoxy) is 1. The Bertz CT molecular complexity index is 1020. The number of halogens is 1. The van der Waals surface area contributed by atoms with Gasteiger partial charge in [0, 0.05) is 28.8 Å². The summed E-state index contributed by atoms with van der Waals surface area (Å²) in [7, 11) is 0. The second kappa shape index (κ2) is 9.32. The molecular weight excluding hydrogens is 422 g/mol. The number of rotatable bonds is 6. The highest BCUT2D eigenvalue weighted by Gasteiger charge is 2.08. The molecule has 0 aliphatic heterocycles. The number of carbonyl (C=O) groups is 1. The van der Waals surface area contributed by atoms with Gasteiger partial charge in [-0.1, -0.05) is 35.0 Å². The highest BCUT2D eigenvalue weighted by molar-refractivity contribution is 9.10. The summed E-state index contributed by atoms with van der Waals surface area (Å²) in [6.07, 6.45) is 2.28. The van der Waals surface area contributed by atoms with Gasteiger partial charge >= 0.3 is 6.09 Å². The molecule has 0 fully saturated rings. The maximum atomic E-state index is 12.3. The lowest BCUT2D eigenvalue weighted by Crippen LogP contribution is -2.16. The molecule has 6 nitrogen and oxygen atoms in total. The number of anilines is 1. The Hall–Kier alpha value is -2.93. The van der Waals surface area contributed by atoms with E-state index in [2.05, 4.69) is 26.3 Å². The minimum Gasteiger partial charge on any atom is -0.449 e. The molecule has 0 unspecified atom stereocenters. The van der Waals surface area contributed by atoms with E-state index in [9.17, 15) is 9.59 Å². The second-order valence-electron chi connectivity index (χ2n) is 6.19. The summed E-state index contributed by atoms with van der Waals surface area (Å²) in [6.45, 7) is 2.30. The largest absolute Gasteiger partial charge is 0.449 e. The molecule has 0 aliphatic rings. The Balaban J connectivity index is 1.79. The quantitative estimate of drug-likeness (QED) is 0.608. The maximum Gasteiger partial charge on any atom is 0.411 e. The molecule has 0 radical (unpaired) electrons. The monoisotopic (exact) mass is 441 g/mol. The van der Waals surface area contributed by atoms with Crippen LogP contribution in [-0.2, 0) is 11.2 Å². The summed E-state index contributed by atoms with van der Waals surface area (Å²) >= 11 is 3.41. The molecule has 0 atom stereocenters. The average molecular weight is 442 g/mol. The number of aromatic nitrogens is 2. The van der Waals surface area contributed by atoms with Crippen molar-refractivity contribution in [2.75, 3.05) is 11.9 Å². The summed E-state index contributed by atoms with van der Waals surface area (Å²) in [5, 5.41) is 7.17. The Kier molecular flexibility index (Phi) is 6.60. The minimum atomic E-state index is -0.491. The summed E-state index contributed by atoms with van der Waals surface area (Å²) in [4.78, 5) is 24.0. The van der Waals surface area contributed by atoms with E-state index in [4.69, 9.17) is 4.74 Å². The van der Waals surface area contributed by atoms with Gasteiger partial charge in [-0.25, -0.2) is 9.48 Å². The highest BCUT2D eigenvalue weighted by Crippen LogP contribution is 2.15. The first-order chi connectivity index (χ1) is 13.5. The Morgan fingerprint density at radius 2 is 1.96 bits per heavy atom. The van der Waals surface area contributed by atoms with Crippen LogP contribution in [0.25, 0.3) is 5.69 Å². The van der Waals surface area contributed by atoms with Gasteiger partial charge in [-0.05, 0) is 48.4 Å². The lowest BCUT2D eigenvalue weighted by atomic mass is 10.1. The number of carbonyl (C=O) groups excluding carboxylic acids is 1. The molecule has 28 heavy (non-hydrogen) atoms. The van der Waals surface area contributed by atoms with Gasteiger partial charge in [0.2, 0.25) is 5.43 Å². The van der Waals surface area contributed by atoms with E-state index in [0.717, 1.165) is 22.1 Å². The lowest BCUT2D eigenvalue weighted by molar-refractivity contribution is 0.161. The molecule has 144 valence electrons. The molecule has 0 saturated carbocycles. The fraction of sp³-hybridized carbons (Fsp3) is 0.190. The van der Waals surface area contributed by atoms with Gasteiger partial charge in [0.05, 0.1) is 12.3 Å². The maximum absolute atomic E-state index is 12.3. The molecule has 1 aromatic heterocycles. The molecule has 0 bridgehead atoms. The third kappa shape index (κ3) is 5.29. The summed E-state index contributed by atoms with van der Waals surface area (Å²) in [6, 6.07) is 16.5. The fourth-order valence-electron chi connectivity index (χ4n) is 2.61. The molecule has 1 heterocycles. The molecule has 7 heteroatoms. The third-order valence-electron chi connectivity index (χ3n) is 3.95. The van der Waals surface area contributed by atoms with E-state index in [-0.39, 0.29) is 5.43 Å². The van der Waals surface area contributed by atoms with E-state index in [1.54, 1.807) is 16.9 Å². The molecule has 0 spiro atoms.